The molecule has 0 unspecified atom stereocenters. The number of piperazine rings is 1. The molecule has 1 fully saturated rings. The highest BCUT2D eigenvalue weighted by Crippen LogP contribution is 2.28. The van der Waals surface area contributed by atoms with Crippen LogP contribution in [0, 0.1) is 5.82 Å². The van der Waals surface area contributed by atoms with Crippen molar-refractivity contribution in [1.82, 2.24) is 10.2 Å². The van der Waals surface area contributed by atoms with Gasteiger partial charge in [-0.15, -0.1) is 12.4 Å². The number of hydrogen-bond acceptors (Lipinski definition) is 2. The third-order valence-corrected chi connectivity index (χ3v) is 3.83. The van der Waals surface area contributed by atoms with Crippen LogP contribution in [-0.2, 0) is 0 Å². The summed E-state index contributed by atoms with van der Waals surface area (Å²) in [5.41, 5.74) is 1.03. The Morgan fingerprint density at radius 1 is 1.35 bits per heavy atom. The number of benzene rings is 1. The van der Waals surface area contributed by atoms with E-state index in [9.17, 15) is 4.39 Å². The monoisotopic (exact) mass is 322 g/mol. The smallest absolute Gasteiger partial charge is 0.123 e. The van der Waals surface area contributed by atoms with Crippen LogP contribution in [-0.4, -0.2) is 31.1 Å². The molecule has 1 heterocycles. The predicted octanol–water partition coefficient (Wildman–Crippen LogP) is 2.98. The molecule has 1 aromatic rings. The second kappa shape index (κ2) is 6.69. The SMILES string of the molecule is C[C@H](c1cc(F)ccc1Br)N1CCNCC1.Cl. The molecule has 0 saturated carbocycles. The van der Waals surface area contributed by atoms with E-state index in [0.29, 0.717) is 0 Å². The molecule has 1 atom stereocenters. The van der Waals surface area contributed by atoms with Crippen LogP contribution in [0.1, 0.15) is 18.5 Å². The molecule has 0 bridgehead atoms. The Hall–Kier alpha value is -0.160. The van der Waals surface area contributed by atoms with Gasteiger partial charge in [0, 0.05) is 36.7 Å². The molecule has 96 valence electrons. The first-order valence-corrected chi connectivity index (χ1v) is 6.37. The van der Waals surface area contributed by atoms with Gasteiger partial charge in [0.05, 0.1) is 0 Å². The molecular weight excluding hydrogens is 307 g/mol. The number of halogens is 3. The zero-order valence-corrected chi connectivity index (χ0v) is 12.2. The number of hydrogen-bond donors (Lipinski definition) is 1. The third kappa shape index (κ3) is 3.65. The van der Waals surface area contributed by atoms with Crippen molar-refractivity contribution in [3.63, 3.8) is 0 Å². The van der Waals surface area contributed by atoms with E-state index in [-0.39, 0.29) is 24.3 Å². The van der Waals surface area contributed by atoms with Crippen LogP contribution >= 0.6 is 28.3 Å². The summed E-state index contributed by atoms with van der Waals surface area (Å²) in [7, 11) is 0. The van der Waals surface area contributed by atoms with Crippen LogP contribution < -0.4 is 5.32 Å². The first-order chi connectivity index (χ1) is 7.68. The fourth-order valence-electron chi connectivity index (χ4n) is 2.10. The standard InChI is InChI=1S/C12H16BrFN2.ClH/c1-9(16-6-4-15-5-7-16)11-8-10(14)2-3-12(11)13;/h2-3,8-9,15H,4-7H2,1H3;1H/t9-;/m1./s1. The van der Waals surface area contributed by atoms with E-state index in [4.69, 9.17) is 0 Å². The highest BCUT2D eigenvalue weighted by Gasteiger charge is 2.19. The van der Waals surface area contributed by atoms with Crippen molar-refractivity contribution in [2.45, 2.75) is 13.0 Å². The second-order valence-corrected chi connectivity index (χ2v) is 4.98. The normalized spacial score (nSPS) is 18.5. The van der Waals surface area contributed by atoms with Crippen LogP contribution in [0.25, 0.3) is 0 Å². The molecule has 1 aliphatic heterocycles. The van der Waals surface area contributed by atoms with Crippen molar-refractivity contribution in [3.8, 4) is 0 Å². The summed E-state index contributed by atoms with van der Waals surface area (Å²) in [6, 6.07) is 5.14. The minimum absolute atomic E-state index is 0. The molecule has 1 saturated heterocycles. The fourth-order valence-corrected chi connectivity index (χ4v) is 2.68. The quantitative estimate of drug-likeness (QED) is 0.900. The minimum Gasteiger partial charge on any atom is -0.314 e. The van der Waals surface area contributed by atoms with Gasteiger partial charge in [-0.05, 0) is 30.7 Å². The lowest BCUT2D eigenvalue weighted by atomic mass is 10.1. The average Bonchev–Trinajstić information content (AvgIpc) is 2.32. The molecule has 0 spiro atoms. The first-order valence-electron chi connectivity index (χ1n) is 5.58. The molecule has 1 aliphatic rings. The van der Waals surface area contributed by atoms with Crippen molar-refractivity contribution in [1.29, 1.82) is 0 Å². The molecular formula is C12H17BrClFN2. The second-order valence-electron chi connectivity index (χ2n) is 4.13. The lowest BCUT2D eigenvalue weighted by Gasteiger charge is -2.33. The van der Waals surface area contributed by atoms with E-state index < -0.39 is 0 Å². The molecule has 0 aliphatic carbocycles. The molecule has 5 heteroatoms. The van der Waals surface area contributed by atoms with Gasteiger partial charge in [-0.25, -0.2) is 4.39 Å². The van der Waals surface area contributed by atoms with Gasteiger partial charge < -0.3 is 5.32 Å². The average molecular weight is 324 g/mol. The van der Waals surface area contributed by atoms with E-state index in [0.717, 1.165) is 36.2 Å². The Kier molecular flexibility index (Phi) is 5.86. The van der Waals surface area contributed by atoms with Gasteiger partial charge >= 0.3 is 0 Å². The molecule has 0 aromatic heterocycles. The van der Waals surface area contributed by atoms with Crippen molar-refractivity contribution in [2.75, 3.05) is 26.2 Å². The van der Waals surface area contributed by atoms with Gasteiger partial charge in [-0.1, -0.05) is 15.9 Å². The van der Waals surface area contributed by atoms with Gasteiger partial charge in [-0.2, -0.15) is 0 Å². The highest BCUT2D eigenvalue weighted by molar-refractivity contribution is 9.10. The largest absolute Gasteiger partial charge is 0.314 e. The van der Waals surface area contributed by atoms with Crippen LogP contribution in [0.15, 0.2) is 22.7 Å². The Balaban J connectivity index is 0.00000144. The van der Waals surface area contributed by atoms with Gasteiger partial charge in [0.15, 0.2) is 0 Å². The third-order valence-electron chi connectivity index (χ3n) is 3.11. The van der Waals surface area contributed by atoms with Crippen molar-refractivity contribution < 1.29 is 4.39 Å². The molecule has 2 nitrogen and oxygen atoms in total. The highest BCUT2D eigenvalue weighted by atomic mass is 79.9. The zero-order valence-electron chi connectivity index (χ0n) is 9.75. The predicted molar refractivity (Wildman–Crippen MR) is 74.2 cm³/mol. The van der Waals surface area contributed by atoms with Crippen LogP contribution in [0.3, 0.4) is 0 Å². The van der Waals surface area contributed by atoms with E-state index in [1.165, 1.54) is 6.07 Å². The minimum atomic E-state index is -0.166. The number of nitrogens with zero attached hydrogens (tertiary/aromatic N) is 1. The zero-order chi connectivity index (χ0) is 11.5. The van der Waals surface area contributed by atoms with Gasteiger partial charge in [-0.3, -0.25) is 4.90 Å². The molecule has 17 heavy (non-hydrogen) atoms. The molecule has 1 aromatic carbocycles. The van der Waals surface area contributed by atoms with Crippen LogP contribution in [0.4, 0.5) is 4.39 Å². The molecule has 1 N–H and O–H groups in total. The maximum Gasteiger partial charge on any atom is 0.123 e. The Morgan fingerprint density at radius 2 is 2.00 bits per heavy atom. The lowest BCUT2D eigenvalue weighted by molar-refractivity contribution is 0.185. The summed E-state index contributed by atoms with van der Waals surface area (Å²) >= 11 is 3.49. The lowest BCUT2D eigenvalue weighted by Crippen LogP contribution is -2.44. The maximum atomic E-state index is 13.2. The number of nitrogens with one attached hydrogen (secondary N) is 1. The summed E-state index contributed by atoms with van der Waals surface area (Å²) in [6.07, 6.45) is 0. The summed E-state index contributed by atoms with van der Waals surface area (Å²) in [4.78, 5) is 2.37. The Labute approximate surface area is 116 Å². The molecule has 0 amide bonds. The first kappa shape index (κ1) is 14.9. The summed E-state index contributed by atoms with van der Waals surface area (Å²) < 4.78 is 14.2. The summed E-state index contributed by atoms with van der Waals surface area (Å²) in [6.45, 7) is 6.19. The van der Waals surface area contributed by atoms with Crippen molar-refractivity contribution in [2.24, 2.45) is 0 Å². The van der Waals surface area contributed by atoms with Crippen molar-refractivity contribution in [3.05, 3.63) is 34.1 Å². The van der Waals surface area contributed by atoms with Crippen molar-refractivity contribution >= 4 is 28.3 Å². The van der Waals surface area contributed by atoms with E-state index in [1.54, 1.807) is 12.1 Å². The number of rotatable bonds is 2. The maximum absolute atomic E-state index is 13.2. The molecule has 0 radical (unpaired) electrons. The topological polar surface area (TPSA) is 15.3 Å². The summed E-state index contributed by atoms with van der Waals surface area (Å²) in [5.74, 6) is -0.166. The Morgan fingerprint density at radius 3 is 2.65 bits per heavy atom. The van der Waals surface area contributed by atoms with Crippen LogP contribution in [0.2, 0.25) is 0 Å². The fraction of sp³-hybridized carbons (Fsp3) is 0.500. The molecule has 2 rings (SSSR count). The Bertz CT molecular complexity index is 370. The van der Waals surface area contributed by atoms with E-state index in [1.807, 2.05) is 0 Å². The van der Waals surface area contributed by atoms with Gasteiger partial charge in [0.1, 0.15) is 5.82 Å². The van der Waals surface area contributed by atoms with E-state index >= 15 is 0 Å². The van der Waals surface area contributed by atoms with E-state index in [2.05, 4.69) is 33.1 Å². The van der Waals surface area contributed by atoms with Gasteiger partial charge in [0.25, 0.3) is 0 Å². The van der Waals surface area contributed by atoms with Gasteiger partial charge in [0.2, 0.25) is 0 Å². The van der Waals surface area contributed by atoms with Crippen LogP contribution in [0.5, 0.6) is 0 Å². The summed E-state index contributed by atoms with van der Waals surface area (Å²) in [5, 5.41) is 3.32.